The number of hydrogen-bond acceptors (Lipinski definition) is 2. The number of halogens is 4. The number of nitrogens with one attached hydrogen (secondary N) is 1. The highest BCUT2D eigenvalue weighted by Crippen LogP contribution is 2.26. The Labute approximate surface area is 170 Å². The molecule has 0 saturated carbocycles. The van der Waals surface area contributed by atoms with E-state index >= 15 is 0 Å². The Morgan fingerprint density at radius 1 is 1.19 bits per heavy atom. The third-order valence-corrected chi connectivity index (χ3v) is 5.64. The van der Waals surface area contributed by atoms with E-state index in [1.807, 2.05) is 12.1 Å². The highest BCUT2D eigenvalue weighted by molar-refractivity contribution is 9.10. The average Bonchev–Trinajstić information content (AvgIpc) is 2.60. The molecule has 138 valence electrons. The standard InChI is InChI=1S/C19H18BrCl2FN2O/c20-14-2-4-18(17(23)9-14)24-19(26)12-5-7-25(8-6-12)11-13-1-3-15(21)10-16(13)22/h1-4,9-10,12H,5-8,11H2,(H,24,26). The Kier molecular flexibility index (Phi) is 6.56. The quantitative estimate of drug-likeness (QED) is 0.631. The van der Waals surface area contributed by atoms with Gasteiger partial charge in [-0.2, -0.15) is 0 Å². The molecule has 0 unspecified atom stereocenters. The van der Waals surface area contributed by atoms with E-state index in [-0.39, 0.29) is 17.5 Å². The fourth-order valence-corrected chi connectivity index (χ4v) is 3.87. The topological polar surface area (TPSA) is 32.3 Å². The molecule has 1 saturated heterocycles. The molecule has 0 aromatic heterocycles. The van der Waals surface area contributed by atoms with E-state index in [1.54, 1.807) is 18.2 Å². The van der Waals surface area contributed by atoms with Crippen LogP contribution >= 0.6 is 39.1 Å². The molecule has 0 bridgehead atoms. The SMILES string of the molecule is O=C(Nc1ccc(Br)cc1F)C1CCN(Cc2ccc(Cl)cc2Cl)CC1. The van der Waals surface area contributed by atoms with Gasteiger partial charge in [-0.1, -0.05) is 45.2 Å². The molecule has 3 rings (SSSR count). The molecule has 1 aliphatic rings. The van der Waals surface area contributed by atoms with E-state index in [0.29, 0.717) is 14.5 Å². The van der Waals surface area contributed by atoms with Crippen LogP contribution in [0.25, 0.3) is 0 Å². The first kappa shape index (κ1) is 19.6. The van der Waals surface area contributed by atoms with Gasteiger partial charge >= 0.3 is 0 Å². The van der Waals surface area contributed by atoms with Crippen LogP contribution in [0.3, 0.4) is 0 Å². The van der Waals surface area contributed by atoms with E-state index < -0.39 is 5.82 Å². The smallest absolute Gasteiger partial charge is 0.227 e. The molecule has 0 radical (unpaired) electrons. The lowest BCUT2D eigenvalue weighted by Crippen LogP contribution is -2.37. The number of hydrogen-bond donors (Lipinski definition) is 1. The summed E-state index contributed by atoms with van der Waals surface area (Å²) in [5.74, 6) is -0.687. The van der Waals surface area contributed by atoms with E-state index in [1.165, 1.54) is 6.07 Å². The zero-order chi connectivity index (χ0) is 18.7. The van der Waals surface area contributed by atoms with Gasteiger partial charge in [0.05, 0.1) is 5.69 Å². The highest BCUT2D eigenvalue weighted by atomic mass is 79.9. The molecule has 0 atom stereocenters. The third-order valence-electron chi connectivity index (χ3n) is 4.56. The molecular weight excluding hydrogens is 442 g/mol. The summed E-state index contributed by atoms with van der Waals surface area (Å²) in [4.78, 5) is 14.7. The van der Waals surface area contributed by atoms with Crippen molar-refractivity contribution in [2.45, 2.75) is 19.4 Å². The molecular formula is C19H18BrCl2FN2O. The van der Waals surface area contributed by atoms with Crippen molar-refractivity contribution in [1.82, 2.24) is 4.90 Å². The minimum Gasteiger partial charge on any atom is -0.323 e. The van der Waals surface area contributed by atoms with E-state index in [4.69, 9.17) is 23.2 Å². The van der Waals surface area contributed by atoms with Crippen LogP contribution < -0.4 is 5.32 Å². The van der Waals surface area contributed by atoms with E-state index in [9.17, 15) is 9.18 Å². The highest BCUT2D eigenvalue weighted by Gasteiger charge is 2.25. The molecule has 7 heteroatoms. The third kappa shape index (κ3) is 4.97. The Balaban J connectivity index is 1.53. The molecule has 2 aromatic carbocycles. The zero-order valence-electron chi connectivity index (χ0n) is 13.9. The lowest BCUT2D eigenvalue weighted by atomic mass is 9.95. The van der Waals surface area contributed by atoms with E-state index in [0.717, 1.165) is 38.0 Å². The number of piperidine rings is 1. The molecule has 0 aliphatic carbocycles. The van der Waals surface area contributed by atoms with Gasteiger partial charge in [0.25, 0.3) is 0 Å². The van der Waals surface area contributed by atoms with Gasteiger partial charge in [0.1, 0.15) is 5.82 Å². The van der Waals surface area contributed by atoms with Crippen LogP contribution in [0.4, 0.5) is 10.1 Å². The number of carbonyl (C=O) groups excluding carboxylic acids is 1. The summed E-state index contributed by atoms with van der Waals surface area (Å²) in [6.45, 7) is 2.31. The lowest BCUT2D eigenvalue weighted by Gasteiger charge is -2.31. The van der Waals surface area contributed by atoms with Gasteiger partial charge in [-0.15, -0.1) is 0 Å². The van der Waals surface area contributed by atoms with E-state index in [2.05, 4.69) is 26.1 Å². The average molecular weight is 460 g/mol. The Morgan fingerprint density at radius 3 is 2.58 bits per heavy atom. The summed E-state index contributed by atoms with van der Waals surface area (Å²) in [6, 6.07) is 10.1. The summed E-state index contributed by atoms with van der Waals surface area (Å²) >= 11 is 15.4. The molecule has 1 fully saturated rings. The Bertz CT molecular complexity index is 810. The molecule has 26 heavy (non-hydrogen) atoms. The predicted octanol–water partition coefficient (Wildman–Crippen LogP) is 5.75. The van der Waals surface area contributed by atoms with Crippen LogP contribution in [0.5, 0.6) is 0 Å². The molecule has 3 nitrogen and oxygen atoms in total. The fourth-order valence-electron chi connectivity index (χ4n) is 3.07. The monoisotopic (exact) mass is 458 g/mol. The second-order valence-electron chi connectivity index (χ2n) is 6.40. The lowest BCUT2D eigenvalue weighted by molar-refractivity contribution is -0.121. The number of likely N-dealkylation sites (tertiary alicyclic amines) is 1. The Hall–Kier alpha value is -1.14. The zero-order valence-corrected chi connectivity index (χ0v) is 17.0. The second-order valence-corrected chi connectivity index (χ2v) is 8.16. The maximum Gasteiger partial charge on any atom is 0.227 e. The number of nitrogens with zero attached hydrogens (tertiary/aromatic N) is 1. The first-order chi connectivity index (χ1) is 12.4. The van der Waals surface area contributed by atoms with Crippen LogP contribution in [-0.2, 0) is 11.3 Å². The normalized spacial score (nSPS) is 15.8. The minimum absolute atomic E-state index is 0.116. The number of amides is 1. The summed E-state index contributed by atoms with van der Waals surface area (Å²) in [7, 11) is 0. The van der Waals surface area contributed by atoms with Gasteiger partial charge < -0.3 is 5.32 Å². The van der Waals surface area contributed by atoms with Gasteiger partial charge in [-0.05, 0) is 61.8 Å². The molecule has 1 heterocycles. The number of carbonyl (C=O) groups is 1. The van der Waals surface area contributed by atoms with Crippen molar-refractivity contribution in [3.63, 3.8) is 0 Å². The number of rotatable bonds is 4. The summed E-state index contributed by atoms with van der Waals surface area (Å²) in [5, 5.41) is 3.97. The van der Waals surface area contributed by atoms with Crippen LogP contribution in [0.1, 0.15) is 18.4 Å². The molecule has 1 aliphatic heterocycles. The van der Waals surface area contributed by atoms with Gasteiger partial charge in [-0.3, -0.25) is 9.69 Å². The minimum atomic E-state index is -0.442. The molecule has 0 spiro atoms. The van der Waals surface area contributed by atoms with Crippen molar-refractivity contribution in [2.75, 3.05) is 18.4 Å². The molecule has 1 N–H and O–H groups in total. The first-order valence-corrected chi connectivity index (χ1v) is 9.89. The molecule has 1 amide bonds. The van der Waals surface area contributed by atoms with Crippen LogP contribution in [0, 0.1) is 11.7 Å². The predicted molar refractivity (Wildman–Crippen MR) is 107 cm³/mol. The van der Waals surface area contributed by atoms with Crippen LogP contribution in [0.2, 0.25) is 10.0 Å². The van der Waals surface area contributed by atoms with Crippen LogP contribution in [-0.4, -0.2) is 23.9 Å². The first-order valence-electron chi connectivity index (χ1n) is 8.34. The maximum absolute atomic E-state index is 13.9. The van der Waals surface area contributed by atoms with Gasteiger partial charge in [-0.25, -0.2) is 4.39 Å². The molecule has 2 aromatic rings. The van der Waals surface area contributed by atoms with Gasteiger partial charge in [0.15, 0.2) is 0 Å². The maximum atomic E-state index is 13.9. The Morgan fingerprint density at radius 2 is 1.92 bits per heavy atom. The van der Waals surface area contributed by atoms with Crippen molar-refractivity contribution in [2.24, 2.45) is 5.92 Å². The van der Waals surface area contributed by atoms with Crippen molar-refractivity contribution in [1.29, 1.82) is 0 Å². The van der Waals surface area contributed by atoms with Gasteiger partial charge in [0, 0.05) is 27.0 Å². The summed E-state index contributed by atoms with van der Waals surface area (Å²) in [5.41, 5.74) is 1.24. The summed E-state index contributed by atoms with van der Waals surface area (Å²) < 4.78 is 14.5. The van der Waals surface area contributed by atoms with Crippen molar-refractivity contribution < 1.29 is 9.18 Å². The van der Waals surface area contributed by atoms with Gasteiger partial charge in [0.2, 0.25) is 5.91 Å². The largest absolute Gasteiger partial charge is 0.323 e. The van der Waals surface area contributed by atoms with Crippen molar-refractivity contribution in [3.8, 4) is 0 Å². The second kappa shape index (κ2) is 8.70. The van der Waals surface area contributed by atoms with Crippen molar-refractivity contribution in [3.05, 3.63) is 62.3 Å². The summed E-state index contributed by atoms with van der Waals surface area (Å²) in [6.07, 6.45) is 1.46. The van der Waals surface area contributed by atoms with Crippen molar-refractivity contribution >= 4 is 50.7 Å². The number of benzene rings is 2. The number of anilines is 1. The van der Waals surface area contributed by atoms with Crippen LogP contribution in [0.15, 0.2) is 40.9 Å². The fraction of sp³-hybridized carbons (Fsp3) is 0.316.